The summed E-state index contributed by atoms with van der Waals surface area (Å²) in [4.78, 5) is 12.1. The first-order chi connectivity index (χ1) is 9.95. The number of nitrogens with two attached hydrogens (primary N) is 1. The lowest BCUT2D eigenvalue weighted by Gasteiger charge is -2.25. The SMILES string of the molecule is CCOC(=O)c1cc(N)cc(Cl)c1NCC1(C)CCCS1. The molecule has 2 rings (SSSR count). The van der Waals surface area contributed by atoms with E-state index in [9.17, 15) is 4.79 Å². The molecule has 1 aliphatic heterocycles. The van der Waals surface area contributed by atoms with Crippen LogP contribution in [0.5, 0.6) is 0 Å². The molecular weight excluding hydrogens is 308 g/mol. The largest absolute Gasteiger partial charge is 0.462 e. The molecule has 116 valence electrons. The monoisotopic (exact) mass is 328 g/mol. The Morgan fingerprint density at radius 2 is 2.33 bits per heavy atom. The number of hydrogen-bond acceptors (Lipinski definition) is 5. The zero-order valence-corrected chi connectivity index (χ0v) is 13.9. The quantitative estimate of drug-likeness (QED) is 0.636. The Hall–Kier alpha value is -1.07. The predicted molar refractivity (Wildman–Crippen MR) is 90.4 cm³/mol. The summed E-state index contributed by atoms with van der Waals surface area (Å²) < 4.78 is 5.25. The first-order valence-corrected chi connectivity index (χ1v) is 8.45. The number of anilines is 2. The van der Waals surface area contributed by atoms with Gasteiger partial charge in [-0.1, -0.05) is 11.6 Å². The summed E-state index contributed by atoms with van der Waals surface area (Å²) in [5.41, 5.74) is 7.24. The van der Waals surface area contributed by atoms with Gasteiger partial charge in [0.1, 0.15) is 0 Å². The molecule has 0 bridgehead atoms. The van der Waals surface area contributed by atoms with Gasteiger partial charge in [-0.05, 0) is 44.6 Å². The smallest absolute Gasteiger partial charge is 0.340 e. The maximum absolute atomic E-state index is 12.1. The fourth-order valence-corrected chi connectivity index (χ4v) is 3.97. The van der Waals surface area contributed by atoms with Crippen LogP contribution in [0.2, 0.25) is 5.02 Å². The van der Waals surface area contributed by atoms with Crippen molar-refractivity contribution >= 4 is 40.7 Å². The van der Waals surface area contributed by atoms with Crippen LogP contribution in [0.3, 0.4) is 0 Å². The first kappa shape index (κ1) is 16.3. The molecule has 0 radical (unpaired) electrons. The molecule has 0 aromatic heterocycles. The van der Waals surface area contributed by atoms with Crippen LogP contribution in [0.4, 0.5) is 11.4 Å². The number of esters is 1. The fraction of sp³-hybridized carbons (Fsp3) is 0.533. The van der Waals surface area contributed by atoms with Crippen molar-refractivity contribution in [1.82, 2.24) is 0 Å². The van der Waals surface area contributed by atoms with Crippen molar-refractivity contribution in [2.75, 3.05) is 30.0 Å². The van der Waals surface area contributed by atoms with E-state index in [2.05, 4.69) is 12.2 Å². The molecule has 0 aliphatic carbocycles. The van der Waals surface area contributed by atoms with E-state index in [1.807, 2.05) is 11.8 Å². The minimum absolute atomic E-state index is 0.177. The van der Waals surface area contributed by atoms with Gasteiger partial charge < -0.3 is 15.8 Å². The highest BCUT2D eigenvalue weighted by Crippen LogP contribution is 2.39. The number of carbonyl (C=O) groups is 1. The van der Waals surface area contributed by atoms with Crippen molar-refractivity contribution in [2.24, 2.45) is 0 Å². The van der Waals surface area contributed by atoms with Crippen LogP contribution in [0.25, 0.3) is 0 Å². The molecular formula is C15H21ClN2O2S. The van der Waals surface area contributed by atoms with Gasteiger partial charge >= 0.3 is 5.97 Å². The lowest BCUT2D eigenvalue weighted by atomic mass is 10.0. The molecule has 0 saturated carbocycles. The highest BCUT2D eigenvalue weighted by molar-refractivity contribution is 8.00. The summed E-state index contributed by atoms with van der Waals surface area (Å²) in [6.45, 7) is 5.08. The lowest BCUT2D eigenvalue weighted by Crippen LogP contribution is -2.28. The normalized spacial score (nSPS) is 21.3. The number of halogens is 1. The molecule has 1 unspecified atom stereocenters. The molecule has 1 atom stereocenters. The Labute approximate surface area is 134 Å². The fourth-order valence-electron chi connectivity index (χ4n) is 2.43. The highest BCUT2D eigenvalue weighted by Gasteiger charge is 2.30. The average Bonchev–Trinajstić information content (AvgIpc) is 2.84. The van der Waals surface area contributed by atoms with Crippen LogP contribution in [-0.2, 0) is 4.74 Å². The molecule has 1 heterocycles. The van der Waals surface area contributed by atoms with Gasteiger partial charge in [0.15, 0.2) is 0 Å². The summed E-state index contributed by atoms with van der Waals surface area (Å²) in [6, 6.07) is 3.26. The zero-order valence-electron chi connectivity index (χ0n) is 12.4. The number of carbonyl (C=O) groups excluding carboxylic acids is 1. The van der Waals surface area contributed by atoms with Gasteiger partial charge in [-0.15, -0.1) is 0 Å². The number of hydrogen-bond donors (Lipinski definition) is 2. The highest BCUT2D eigenvalue weighted by atomic mass is 35.5. The van der Waals surface area contributed by atoms with Crippen LogP contribution in [0.1, 0.15) is 37.0 Å². The van der Waals surface area contributed by atoms with E-state index >= 15 is 0 Å². The molecule has 1 aromatic carbocycles. The summed E-state index contributed by atoms with van der Waals surface area (Å²) in [5, 5.41) is 3.77. The van der Waals surface area contributed by atoms with Crippen LogP contribution in [0.15, 0.2) is 12.1 Å². The second-order valence-electron chi connectivity index (χ2n) is 5.40. The second kappa shape index (κ2) is 6.79. The van der Waals surface area contributed by atoms with Gasteiger partial charge in [0.05, 0.1) is 22.9 Å². The van der Waals surface area contributed by atoms with Crippen molar-refractivity contribution in [2.45, 2.75) is 31.4 Å². The molecule has 1 fully saturated rings. The maximum atomic E-state index is 12.1. The molecule has 4 nitrogen and oxygen atoms in total. The van der Waals surface area contributed by atoms with Crippen molar-refractivity contribution in [3.05, 3.63) is 22.7 Å². The van der Waals surface area contributed by atoms with Crippen molar-refractivity contribution in [3.63, 3.8) is 0 Å². The number of benzene rings is 1. The summed E-state index contributed by atoms with van der Waals surface area (Å²) in [7, 11) is 0. The standard InChI is InChI=1S/C15H21ClN2O2S/c1-3-20-14(19)11-7-10(17)8-12(16)13(11)18-9-15(2)5-4-6-21-15/h7-8,18H,3-6,9,17H2,1-2H3. The van der Waals surface area contributed by atoms with Crippen LogP contribution in [-0.4, -0.2) is 29.6 Å². The summed E-state index contributed by atoms with van der Waals surface area (Å²) in [6.07, 6.45) is 2.38. The van der Waals surface area contributed by atoms with Crippen LogP contribution < -0.4 is 11.1 Å². The van der Waals surface area contributed by atoms with Crippen LogP contribution >= 0.6 is 23.4 Å². The Morgan fingerprint density at radius 1 is 1.57 bits per heavy atom. The van der Waals surface area contributed by atoms with Gasteiger partial charge in [0.2, 0.25) is 0 Å². The second-order valence-corrected chi connectivity index (χ2v) is 7.49. The Kier molecular flexibility index (Phi) is 5.27. The molecule has 1 saturated heterocycles. The molecule has 3 N–H and O–H groups in total. The van der Waals surface area contributed by atoms with Gasteiger partial charge in [-0.3, -0.25) is 0 Å². The van der Waals surface area contributed by atoms with E-state index in [-0.39, 0.29) is 4.75 Å². The predicted octanol–water partition coefficient (Wildman–Crippen LogP) is 3.80. The lowest BCUT2D eigenvalue weighted by molar-refractivity contribution is 0.0527. The van der Waals surface area contributed by atoms with E-state index in [4.69, 9.17) is 22.1 Å². The Morgan fingerprint density at radius 3 is 2.95 bits per heavy atom. The average molecular weight is 329 g/mol. The zero-order chi connectivity index (χ0) is 15.5. The first-order valence-electron chi connectivity index (χ1n) is 7.09. The van der Waals surface area contributed by atoms with Crippen molar-refractivity contribution in [3.8, 4) is 0 Å². The number of thioether (sulfide) groups is 1. The molecule has 6 heteroatoms. The van der Waals surface area contributed by atoms with E-state index in [1.54, 1.807) is 19.1 Å². The minimum atomic E-state index is -0.404. The molecule has 1 aromatic rings. The minimum Gasteiger partial charge on any atom is -0.462 e. The number of rotatable bonds is 5. The van der Waals surface area contributed by atoms with Crippen molar-refractivity contribution < 1.29 is 9.53 Å². The van der Waals surface area contributed by atoms with Gasteiger partial charge in [0, 0.05) is 17.0 Å². The topological polar surface area (TPSA) is 64.3 Å². The van der Waals surface area contributed by atoms with Crippen molar-refractivity contribution in [1.29, 1.82) is 0 Å². The number of ether oxygens (including phenoxy) is 1. The van der Waals surface area contributed by atoms with Crippen LogP contribution in [0, 0.1) is 0 Å². The van der Waals surface area contributed by atoms with E-state index in [0.717, 1.165) is 13.0 Å². The maximum Gasteiger partial charge on any atom is 0.340 e. The third kappa shape index (κ3) is 3.98. The summed E-state index contributed by atoms with van der Waals surface area (Å²) in [5.74, 6) is 0.775. The molecule has 0 spiro atoms. The molecule has 1 aliphatic rings. The third-order valence-corrected chi connectivity index (χ3v) is 5.38. The van der Waals surface area contributed by atoms with Gasteiger partial charge in [-0.2, -0.15) is 11.8 Å². The summed E-state index contributed by atoms with van der Waals surface area (Å²) >= 11 is 8.20. The number of nitrogen functional groups attached to an aromatic ring is 1. The van der Waals surface area contributed by atoms with E-state index < -0.39 is 5.97 Å². The van der Waals surface area contributed by atoms with E-state index in [0.29, 0.717) is 28.6 Å². The van der Waals surface area contributed by atoms with Gasteiger partial charge in [-0.25, -0.2) is 4.79 Å². The molecule has 21 heavy (non-hydrogen) atoms. The van der Waals surface area contributed by atoms with E-state index in [1.165, 1.54) is 12.2 Å². The third-order valence-electron chi connectivity index (χ3n) is 3.55. The Balaban J connectivity index is 2.22. The Bertz CT molecular complexity index is 531. The van der Waals surface area contributed by atoms with Gasteiger partial charge in [0.25, 0.3) is 0 Å². The number of nitrogens with one attached hydrogen (secondary N) is 1. The molecule has 0 amide bonds.